The van der Waals surface area contributed by atoms with E-state index in [2.05, 4.69) is 15.5 Å². The van der Waals surface area contributed by atoms with Gasteiger partial charge in [-0.15, -0.1) is 10.2 Å². The lowest BCUT2D eigenvalue weighted by Gasteiger charge is -2.37. The number of anilines is 1. The Kier molecular flexibility index (Phi) is 3.00. The Morgan fingerprint density at radius 2 is 2.31 bits per heavy atom. The molecular weight excluding hydrogens is 206 g/mol. The molecule has 1 amide bonds. The van der Waals surface area contributed by atoms with E-state index < -0.39 is 0 Å². The third-order valence-corrected chi connectivity index (χ3v) is 2.45. The summed E-state index contributed by atoms with van der Waals surface area (Å²) >= 11 is 0. The summed E-state index contributed by atoms with van der Waals surface area (Å²) in [7, 11) is 0. The number of amides is 1. The molecule has 0 bridgehead atoms. The number of nitrogens with one attached hydrogen (secondary N) is 1. The van der Waals surface area contributed by atoms with E-state index in [4.69, 9.17) is 5.73 Å². The molecule has 3 N–H and O–H groups in total. The fourth-order valence-corrected chi connectivity index (χ4v) is 1.57. The fraction of sp³-hybridized carbons (Fsp3) is 0.500. The van der Waals surface area contributed by atoms with Crippen molar-refractivity contribution >= 4 is 11.7 Å². The van der Waals surface area contributed by atoms with Gasteiger partial charge in [0.25, 0.3) is 5.91 Å². The largest absolute Gasteiger partial charge is 0.352 e. The van der Waals surface area contributed by atoms with Crippen molar-refractivity contribution in [2.75, 3.05) is 24.5 Å². The normalized spacial score (nSPS) is 15.8. The van der Waals surface area contributed by atoms with Crippen molar-refractivity contribution in [2.45, 2.75) is 13.0 Å². The van der Waals surface area contributed by atoms with Crippen molar-refractivity contribution in [1.29, 1.82) is 0 Å². The molecule has 0 spiro atoms. The van der Waals surface area contributed by atoms with Gasteiger partial charge in [0.1, 0.15) is 0 Å². The lowest BCUT2D eigenvalue weighted by molar-refractivity contribution is 0.0950. The van der Waals surface area contributed by atoms with E-state index >= 15 is 0 Å². The maximum Gasteiger partial charge on any atom is 0.271 e. The maximum absolute atomic E-state index is 11.4. The molecule has 1 saturated heterocycles. The van der Waals surface area contributed by atoms with E-state index in [1.54, 1.807) is 12.1 Å². The smallest absolute Gasteiger partial charge is 0.271 e. The van der Waals surface area contributed by atoms with Crippen LogP contribution in [0.1, 0.15) is 17.4 Å². The molecule has 1 aliphatic heterocycles. The van der Waals surface area contributed by atoms with E-state index in [0.29, 0.717) is 12.2 Å². The second-order valence-electron chi connectivity index (χ2n) is 3.80. The van der Waals surface area contributed by atoms with Gasteiger partial charge in [-0.2, -0.15) is 0 Å². The molecule has 1 aromatic heterocycles. The lowest BCUT2D eigenvalue weighted by atomic mass is 10.1. The van der Waals surface area contributed by atoms with Crippen LogP contribution in [-0.4, -0.2) is 41.8 Å². The van der Waals surface area contributed by atoms with Crippen LogP contribution in [0, 0.1) is 0 Å². The third kappa shape index (κ3) is 2.11. The number of carbonyl (C=O) groups excluding carboxylic acids is 1. The number of aromatic nitrogens is 2. The molecule has 16 heavy (non-hydrogen) atoms. The van der Waals surface area contributed by atoms with Crippen molar-refractivity contribution in [3.63, 3.8) is 0 Å². The highest BCUT2D eigenvalue weighted by molar-refractivity contribution is 5.92. The molecule has 1 fully saturated rings. The van der Waals surface area contributed by atoms with Crippen LogP contribution in [0.25, 0.3) is 0 Å². The van der Waals surface area contributed by atoms with Crippen LogP contribution in [0.2, 0.25) is 0 Å². The van der Waals surface area contributed by atoms with Crippen LogP contribution < -0.4 is 16.0 Å². The summed E-state index contributed by atoms with van der Waals surface area (Å²) in [4.78, 5) is 13.4. The van der Waals surface area contributed by atoms with Crippen LogP contribution in [0.3, 0.4) is 0 Å². The summed E-state index contributed by atoms with van der Waals surface area (Å²) in [5.74, 6) is 0.580. The molecule has 2 heterocycles. The van der Waals surface area contributed by atoms with Gasteiger partial charge in [-0.1, -0.05) is 0 Å². The number of hydrogen-bond donors (Lipinski definition) is 2. The van der Waals surface area contributed by atoms with Crippen molar-refractivity contribution < 1.29 is 4.79 Å². The third-order valence-electron chi connectivity index (χ3n) is 2.45. The summed E-state index contributed by atoms with van der Waals surface area (Å²) in [6, 6.07) is 3.70. The molecule has 0 aromatic carbocycles. The van der Waals surface area contributed by atoms with Crippen molar-refractivity contribution in [2.24, 2.45) is 5.73 Å². The zero-order chi connectivity index (χ0) is 11.5. The summed E-state index contributed by atoms with van der Waals surface area (Å²) in [5.41, 5.74) is 6.01. The van der Waals surface area contributed by atoms with Gasteiger partial charge < -0.3 is 16.0 Å². The Morgan fingerprint density at radius 3 is 2.81 bits per heavy atom. The van der Waals surface area contributed by atoms with Crippen LogP contribution in [0.5, 0.6) is 0 Å². The molecule has 6 heteroatoms. The molecule has 0 saturated carbocycles. The quantitative estimate of drug-likeness (QED) is 0.710. The average Bonchev–Trinajstić information content (AvgIpc) is 2.25. The van der Waals surface area contributed by atoms with Gasteiger partial charge >= 0.3 is 0 Å². The Bertz CT molecular complexity index is 371. The number of rotatable bonds is 3. The molecule has 2 rings (SSSR count). The zero-order valence-electron chi connectivity index (χ0n) is 9.18. The van der Waals surface area contributed by atoms with Gasteiger partial charge in [-0.3, -0.25) is 4.79 Å². The molecule has 0 aliphatic carbocycles. The summed E-state index contributed by atoms with van der Waals surface area (Å²) in [6.07, 6.45) is 0. The standard InChI is InChI=1S/C10H15N5O/c1-2-12-10(16)8-3-4-9(14-13-8)15-5-7(11)6-15/h3-4,7H,2,5-6,11H2,1H3,(H,12,16). The second kappa shape index (κ2) is 4.44. The van der Waals surface area contributed by atoms with Gasteiger partial charge in [-0.05, 0) is 19.1 Å². The predicted molar refractivity (Wildman–Crippen MR) is 60.2 cm³/mol. The highest BCUT2D eigenvalue weighted by Crippen LogP contribution is 2.15. The molecule has 1 aliphatic rings. The van der Waals surface area contributed by atoms with Crippen molar-refractivity contribution in [1.82, 2.24) is 15.5 Å². The van der Waals surface area contributed by atoms with Gasteiger partial charge in [-0.25, -0.2) is 0 Å². The van der Waals surface area contributed by atoms with Gasteiger partial charge in [0.15, 0.2) is 11.5 Å². The summed E-state index contributed by atoms with van der Waals surface area (Å²) in [5, 5.41) is 10.5. The van der Waals surface area contributed by atoms with Gasteiger partial charge in [0, 0.05) is 25.7 Å². The van der Waals surface area contributed by atoms with Crippen LogP contribution in [0.15, 0.2) is 12.1 Å². The van der Waals surface area contributed by atoms with E-state index in [1.165, 1.54) is 0 Å². The first-order valence-electron chi connectivity index (χ1n) is 5.33. The van der Waals surface area contributed by atoms with Crippen molar-refractivity contribution in [3.8, 4) is 0 Å². The van der Waals surface area contributed by atoms with Crippen molar-refractivity contribution in [3.05, 3.63) is 17.8 Å². The number of hydrogen-bond acceptors (Lipinski definition) is 5. The number of carbonyl (C=O) groups is 1. The van der Waals surface area contributed by atoms with Crippen LogP contribution in [0.4, 0.5) is 5.82 Å². The highest BCUT2D eigenvalue weighted by Gasteiger charge is 2.24. The first-order chi connectivity index (χ1) is 7.70. The van der Waals surface area contributed by atoms with E-state index in [0.717, 1.165) is 18.9 Å². The molecule has 6 nitrogen and oxygen atoms in total. The summed E-state index contributed by atoms with van der Waals surface area (Å²) < 4.78 is 0. The molecule has 0 unspecified atom stereocenters. The predicted octanol–water partition coefficient (Wildman–Crippen LogP) is -0.626. The van der Waals surface area contributed by atoms with E-state index in [9.17, 15) is 4.79 Å². The Balaban J connectivity index is 2.02. The Morgan fingerprint density at radius 1 is 1.56 bits per heavy atom. The van der Waals surface area contributed by atoms with E-state index in [-0.39, 0.29) is 11.9 Å². The summed E-state index contributed by atoms with van der Waals surface area (Å²) in [6.45, 7) is 4.05. The van der Waals surface area contributed by atoms with E-state index in [1.807, 2.05) is 11.8 Å². The SMILES string of the molecule is CCNC(=O)c1ccc(N2CC(N)C2)nn1. The topological polar surface area (TPSA) is 84.1 Å². The Labute approximate surface area is 93.8 Å². The molecular formula is C10H15N5O. The fourth-order valence-electron chi connectivity index (χ4n) is 1.57. The number of nitrogens with two attached hydrogens (primary N) is 1. The highest BCUT2D eigenvalue weighted by atomic mass is 16.1. The number of nitrogens with zero attached hydrogens (tertiary/aromatic N) is 3. The molecule has 0 radical (unpaired) electrons. The monoisotopic (exact) mass is 221 g/mol. The minimum atomic E-state index is -0.193. The maximum atomic E-state index is 11.4. The molecule has 0 atom stereocenters. The first-order valence-corrected chi connectivity index (χ1v) is 5.33. The zero-order valence-corrected chi connectivity index (χ0v) is 9.18. The lowest BCUT2D eigenvalue weighted by Crippen LogP contribution is -2.56. The van der Waals surface area contributed by atoms with Gasteiger partial charge in [0.2, 0.25) is 0 Å². The van der Waals surface area contributed by atoms with Crippen LogP contribution in [-0.2, 0) is 0 Å². The van der Waals surface area contributed by atoms with Gasteiger partial charge in [0.05, 0.1) is 0 Å². The van der Waals surface area contributed by atoms with Crippen LogP contribution >= 0.6 is 0 Å². The Hall–Kier alpha value is -1.69. The first kappa shape index (κ1) is 10.8. The molecule has 1 aromatic rings. The second-order valence-corrected chi connectivity index (χ2v) is 3.80. The minimum absolute atomic E-state index is 0.193. The average molecular weight is 221 g/mol. The minimum Gasteiger partial charge on any atom is -0.352 e. The molecule has 86 valence electrons.